The molecular formula is C14H20Cl2N2O2. The summed E-state index contributed by atoms with van der Waals surface area (Å²) in [5, 5.41) is 3.41. The van der Waals surface area contributed by atoms with Gasteiger partial charge in [0.2, 0.25) is 0 Å². The second kappa shape index (κ2) is 7.16. The fourth-order valence-electron chi connectivity index (χ4n) is 1.63. The number of nitrogens with one attached hydrogen (secondary N) is 1. The number of nitrogens with two attached hydrogens (primary N) is 1. The molecule has 0 aliphatic heterocycles. The number of anilines is 1. The topological polar surface area (TPSA) is 64.3 Å². The maximum atomic E-state index is 12.1. The standard InChI is InChI=1S/C14H20Cl2N2O2/c1-14(2,4-5-20-3)8-18-13(19)9-6-10(15)12(16)11(17)7-9/h6-7H,4-5,8,17H2,1-3H3,(H,18,19). The van der Waals surface area contributed by atoms with Gasteiger partial charge in [0.15, 0.2) is 0 Å². The summed E-state index contributed by atoms with van der Waals surface area (Å²) < 4.78 is 5.05. The van der Waals surface area contributed by atoms with E-state index in [0.717, 1.165) is 6.42 Å². The molecule has 1 rings (SSSR count). The van der Waals surface area contributed by atoms with Crippen molar-refractivity contribution in [1.29, 1.82) is 0 Å². The number of rotatable bonds is 6. The van der Waals surface area contributed by atoms with Gasteiger partial charge in [0.25, 0.3) is 5.91 Å². The molecule has 1 aromatic carbocycles. The molecule has 1 amide bonds. The second-order valence-electron chi connectivity index (χ2n) is 5.45. The number of carbonyl (C=O) groups is 1. The Morgan fingerprint density at radius 3 is 2.60 bits per heavy atom. The Balaban J connectivity index is 2.68. The Hall–Kier alpha value is -0.970. The van der Waals surface area contributed by atoms with Gasteiger partial charge in [0, 0.05) is 25.8 Å². The fourth-order valence-corrected chi connectivity index (χ4v) is 1.97. The molecule has 0 saturated carbocycles. The third-order valence-corrected chi connectivity index (χ3v) is 3.85. The highest BCUT2D eigenvalue weighted by atomic mass is 35.5. The summed E-state index contributed by atoms with van der Waals surface area (Å²) in [5.41, 5.74) is 6.34. The first-order valence-corrected chi connectivity index (χ1v) is 7.04. The number of benzene rings is 1. The van der Waals surface area contributed by atoms with Crippen molar-refractivity contribution in [2.75, 3.05) is 26.0 Å². The third kappa shape index (κ3) is 4.85. The van der Waals surface area contributed by atoms with Crippen molar-refractivity contribution in [3.8, 4) is 0 Å². The van der Waals surface area contributed by atoms with Crippen LogP contribution in [0.1, 0.15) is 30.6 Å². The van der Waals surface area contributed by atoms with Crippen LogP contribution in [0.3, 0.4) is 0 Å². The van der Waals surface area contributed by atoms with Crippen molar-refractivity contribution in [3.05, 3.63) is 27.7 Å². The average molecular weight is 319 g/mol. The quantitative estimate of drug-likeness (QED) is 0.790. The zero-order valence-corrected chi connectivity index (χ0v) is 13.4. The van der Waals surface area contributed by atoms with Crippen LogP contribution in [0.25, 0.3) is 0 Å². The molecule has 20 heavy (non-hydrogen) atoms. The van der Waals surface area contributed by atoms with E-state index in [-0.39, 0.29) is 21.4 Å². The van der Waals surface area contributed by atoms with Gasteiger partial charge in [-0.1, -0.05) is 37.0 Å². The van der Waals surface area contributed by atoms with Crippen molar-refractivity contribution < 1.29 is 9.53 Å². The number of hydrogen-bond acceptors (Lipinski definition) is 3. The van der Waals surface area contributed by atoms with E-state index in [1.54, 1.807) is 7.11 Å². The maximum Gasteiger partial charge on any atom is 0.251 e. The molecule has 0 bridgehead atoms. The van der Waals surface area contributed by atoms with Crippen molar-refractivity contribution in [1.82, 2.24) is 5.32 Å². The van der Waals surface area contributed by atoms with Gasteiger partial charge in [-0.3, -0.25) is 4.79 Å². The van der Waals surface area contributed by atoms with Crippen LogP contribution in [0.15, 0.2) is 12.1 Å². The first-order chi connectivity index (χ1) is 9.26. The lowest BCUT2D eigenvalue weighted by Gasteiger charge is -2.24. The molecular weight excluding hydrogens is 299 g/mol. The van der Waals surface area contributed by atoms with Crippen LogP contribution in [0.4, 0.5) is 5.69 Å². The summed E-state index contributed by atoms with van der Waals surface area (Å²) in [6, 6.07) is 3.03. The third-order valence-electron chi connectivity index (χ3n) is 3.03. The molecule has 0 saturated heterocycles. The molecule has 1 aromatic rings. The van der Waals surface area contributed by atoms with Gasteiger partial charge in [0.1, 0.15) is 0 Å². The number of nitrogen functional groups attached to an aromatic ring is 1. The molecule has 6 heteroatoms. The first-order valence-electron chi connectivity index (χ1n) is 6.28. The van der Waals surface area contributed by atoms with Crippen LogP contribution < -0.4 is 11.1 Å². The van der Waals surface area contributed by atoms with Crippen LogP contribution in [0.5, 0.6) is 0 Å². The number of ether oxygens (including phenoxy) is 1. The van der Waals surface area contributed by atoms with Crippen molar-refractivity contribution in [2.24, 2.45) is 5.41 Å². The Morgan fingerprint density at radius 2 is 2.05 bits per heavy atom. The Kier molecular flexibility index (Phi) is 6.11. The van der Waals surface area contributed by atoms with Crippen LogP contribution in [-0.4, -0.2) is 26.2 Å². The van der Waals surface area contributed by atoms with E-state index < -0.39 is 0 Å². The van der Waals surface area contributed by atoms with E-state index in [4.69, 9.17) is 33.7 Å². The molecule has 0 aliphatic carbocycles. The van der Waals surface area contributed by atoms with Gasteiger partial charge in [0.05, 0.1) is 15.7 Å². The molecule has 4 nitrogen and oxygen atoms in total. The highest BCUT2D eigenvalue weighted by Gasteiger charge is 2.19. The lowest BCUT2D eigenvalue weighted by atomic mass is 9.89. The van der Waals surface area contributed by atoms with Crippen LogP contribution in [-0.2, 0) is 4.74 Å². The van der Waals surface area contributed by atoms with E-state index in [0.29, 0.717) is 24.4 Å². The van der Waals surface area contributed by atoms with Gasteiger partial charge in [-0.15, -0.1) is 0 Å². The zero-order chi connectivity index (χ0) is 15.3. The lowest BCUT2D eigenvalue weighted by molar-refractivity contribution is 0.0921. The molecule has 3 N–H and O–H groups in total. The second-order valence-corrected chi connectivity index (χ2v) is 6.24. The van der Waals surface area contributed by atoms with Gasteiger partial charge in [-0.2, -0.15) is 0 Å². The van der Waals surface area contributed by atoms with Gasteiger partial charge < -0.3 is 15.8 Å². The van der Waals surface area contributed by atoms with E-state index in [1.165, 1.54) is 12.1 Å². The minimum absolute atomic E-state index is 0.0482. The summed E-state index contributed by atoms with van der Waals surface area (Å²) in [6.45, 7) is 5.32. The summed E-state index contributed by atoms with van der Waals surface area (Å²) in [6.07, 6.45) is 0.854. The highest BCUT2D eigenvalue weighted by molar-refractivity contribution is 6.43. The van der Waals surface area contributed by atoms with E-state index in [9.17, 15) is 4.79 Å². The number of methoxy groups -OCH3 is 1. The lowest BCUT2D eigenvalue weighted by Crippen LogP contribution is -2.34. The predicted octanol–water partition coefficient (Wildman–Crippen LogP) is 3.37. The van der Waals surface area contributed by atoms with Crippen molar-refractivity contribution in [2.45, 2.75) is 20.3 Å². The Labute approximate surface area is 129 Å². The van der Waals surface area contributed by atoms with Gasteiger partial charge in [-0.05, 0) is 24.0 Å². The van der Waals surface area contributed by atoms with Crippen LogP contribution >= 0.6 is 23.2 Å². The summed E-state index contributed by atoms with van der Waals surface area (Å²) in [4.78, 5) is 12.1. The van der Waals surface area contributed by atoms with Gasteiger partial charge in [-0.25, -0.2) is 0 Å². The van der Waals surface area contributed by atoms with Crippen LogP contribution in [0.2, 0.25) is 10.0 Å². The van der Waals surface area contributed by atoms with E-state index in [1.807, 2.05) is 0 Å². The highest BCUT2D eigenvalue weighted by Crippen LogP contribution is 2.29. The van der Waals surface area contributed by atoms with Crippen molar-refractivity contribution >= 4 is 34.8 Å². The number of hydrogen-bond donors (Lipinski definition) is 2. The molecule has 0 aliphatic rings. The van der Waals surface area contributed by atoms with Gasteiger partial charge >= 0.3 is 0 Å². The number of halogens is 2. The molecule has 0 aromatic heterocycles. The average Bonchev–Trinajstić information content (AvgIpc) is 2.39. The number of amides is 1. The number of carbonyl (C=O) groups excluding carboxylic acids is 1. The molecule has 0 heterocycles. The monoisotopic (exact) mass is 318 g/mol. The Morgan fingerprint density at radius 1 is 1.40 bits per heavy atom. The van der Waals surface area contributed by atoms with E-state index >= 15 is 0 Å². The normalized spacial score (nSPS) is 11.4. The van der Waals surface area contributed by atoms with E-state index in [2.05, 4.69) is 19.2 Å². The predicted molar refractivity (Wildman–Crippen MR) is 83.5 cm³/mol. The maximum absolute atomic E-state index is 12.1. The summed E-state index contributed by atoms with van der Waals surface area (Å²) in [7, 11) is 1.66. The molecule has 0 unspecified atom stereocenters. The molecule has 0 atom stereocenters. The fraction of sp³-hybridized carbons (Fsp3) is 0.500. The SMILES string of the molecule is COCCC(C)(C)CNC(=O)c1cc(N)c(Cl)c(Cl)c1. The zero-order valence-electron chi connectivity index (χ0n) is 11.9. The van der Waals surface area contributed by atoms with Crippen LogP contribution in [0, 0.1) is 5.41 Å². The molecule has 112 valence electrons. The largest absolute Gasteiger partial charge is 0.397 e. The first kappa shape index (κ1) is 17.1. The molecule has 0 fully saturated rings. The summed E-state index contributed by atoms with van der Waals surface area (Å²) >= 11 is 11.8. The Bertz CT molecular complexity index is 467. The summed E-state index contributed by atoms with van der Waals surface area (Å²) in [5.74, 6) is -0.222. The molecule has 0 radical (unpaired) electrons. The minimum Gasteiger partial charge on any atom is -0.397 e. The van der Waals surface area contributed by atoms with Crippen molar-refractivity contribution in [3.63, 3.8) is 0 Å². The minimum atomic E-state index is -0.222. The smallest absolute Gasteiger partial charge is 0.251 e. The molecule has 0 spiro atoms.